The van der Waals surface area contributed by atoms with E-state index < -0.39 is 5.97 Å². The molecule has 0 heterocycles. The summed E-state index contributed by atoms with van der Waals surface area (Å²) in [5, 5.41) is 8.92. The molecular weight excluding hydrogens is 328 g/mol. The number of carboxylic acids is 1. The fraction of sp³-hybridized carbons (Fsp3) is 0.909. The van der Waals surface area contributed by atoms with Gasteiger partial charge < -0.3 is 9.84 Å². The van der Waals surface area contributed by atoms with Gasteiger partial charge in [0, 0.05) is 6.42 Å². The fourth-order valence-corrected chi connectivity index (χ4v) is 3.59. The Bertz CT molecular complexity index is 367. The third-order valence-corrected chi connectivity index (χ3v) is 5.35. The summed E-state index contributed by atoms with van der Waals surface area (Å²) in [5.41, 5.74) is 0. The van der Waals surface area contributed by atoms with Crippen LogP contribution in [0.2, 0.25) is 0 Å². The molecule has 0 rings (SSSR count). The van der Waals surface area contributed by atoms with Gasteiger partial charge in [-0.2, -0.15) is 0 Å². The topological polar surface area (TPSA) is 63.6 Å². The standard InChI is InChI=1S/C22H42O4/c1-5-9-11-14-18(7-3)20(16-13-17-21(23)24)22(25)26-19(8-4)15-12-10-6-2/h18-20H,5-17H2,1-4H3,(H,23,24). The lowest BCUT2D eigenvalue weighted by Crippen LogP contribution is -2.29. The van der Waals surface area contributed by atoms with Crippen LogP contribution in [0.25, 0.3) is 0 Å². The molecule has 0 aliphatic rings. The van der Waals surface area contributed by atoms with Crippen LogP contribution in [-0.4, -0.2) is 23.1 Å². The van der Waals surface area contributed by atoms with E-state index >= 15 is 0 Å². The zero-order valence-corrected chi connectivity index (χ0v) is 17.6. The molecule has 0 aliphatic carbocycles. The third-order valence-electron chi connectivity index (χ3n) is 5.35. The molecule has 0 bridgehead atoms. The average Bonchev–Trinajstić information content (AvgIpc) is 2.62. The lowest BCUT2D eigenvalue weighted by molar-refractivity contribution is -0.157. The zero-order valence-electron chi connectivity index (χ0n) is 17.6. The van der Waals surface area contributed by atoms with Gasteiger partial charge in [0.1, 0.15) is 6.10 Å². The number of hydrogen-bond donors (Lipinski definition) is 1. The Labute approximate surface area is 161 Å². The highest BCUT2D eigenvalue weighted by atomic mass is 16.5. The zero-order chi connectivity index (χ0) is 19.8. The summed E-state index contributed by atoms with van der Waals surface area (Å²) >= 11 is 0. The molecular formula is C22H42O4. The van der Waals surface area contributed by atoms with Crippen molar-refractivity contribution in [2.45, 2.75) is 117 Å². The van der Waals surface area contributed by atoms with Gasteiger partial charge in [-0.15, -0.1) is 0 Å². The molecule has 0 aliphatic heterocycles. The number of carbonyl (C=O) groups is 2. The minimum Gasteiger partial charge on any atom is -0.481 e. The number of carboxylic acid groups (broad SMARTS) is 1. The molecule has 4 heteroatoms. The number of esters is 1. The first-order valence-electron chi connectivity index (χ1n) is 10.9. The molecule has 0 aromatic carbocycles. The van der Waals surface area contributed by atoms with E-state index in [1.54, 1.807) is 0 Å². The van der Waals surface area contributed by atoms with Gasteiger partial charge in [0.15, 0.2) is 0 Å². The molecule has 154 valence electrons. The molecule has 0 fully saturated rings. The molecule has 0 radical (unpaired) electrons. The first kappa shape index (κ1) is 24.9. The molecule has 3 unspecified atom stereocenters. The van der Waals surface area contributed by atoms with E-state index in [-0.39, 0.29) is 24.4 Å². The molecule has 0 aromatic rings. The van der Waals surface area contributed by atoms with Gasteiger partial charge in [-0.3, -0.25) is 9.59 Å². The van der Waals surface area contributed by atoms with Crippen molar-refractivity contribution < 1.29 is 19.4 Å². The summed E-state index contributed by atoms with van der Waals surface area (Å²) in [4.78, 5) is 23.7. The Morgan fingerprint density at radius 1 is 0.808 bits per heavy atom. The third kappa shape index (κ3) is 11.5. The van der Waals surface area contributed by atoms with Crippen LogP contribution >= 0.6 is 0 Å². The van der Waals surface area contributed by atoms with Crippen LogP contribution in [0.1, 0.15) is 111 Å². The summed E-state index contributed by atoms with van der Waals surface area (Å²) in [6.45, 7) is 8.56. The van der Waals surface area contributed by atoms with Gasteiger partial charge in [-0.05, 0) is 44.4 Å². The molecule has 4 nitrogen and oxygen atoms in total. The summed E-state index contributed by atoms with van der Waals surface area (Å²) in [6.07, 6.45) is 12.0. The normalized spacial score (nSPS) is 14.6. The molecule has 0 amide bonds. The van der Waals surface area contributed by atoms with Crippen LogP contribution in [0, 0.1) is 11.8 Å². The SMILES string of the molecule is CCCCCC(CC)OC(=O)C(CCCC(=O)O)C(CC)CCCCC. The Balaban J connectivity index is 4.84. The molecule has 26 heavy (non-hydrogen) atoms. The van der Waals surface area contributed by atoms with Crippen molar-refractivity contribution in [3.63, 3.8) is 0 Å². The number of ether oxygens (including phenoxy) is 1. The van der Waals surface area contributed by atoms with Crippen LogP contribution in [-0.2, 0) is 14.3 Å². The van der Waals surface area contributed by atoms with Gasteiger partial charge in [0.05, 0.1) is 5.92 Å². The predicted molar refractivity (Wildman–Crippen MR) is 107 cm³/mol. The highest BCUT2D eigenvalue weighted by molar-refractivity contribution is 5.73. The van der Waals surface area contributed by atoms with Crippen LogP contribution in [0.15, 0.2) is 0 Å². The smallest absolute Gasteiger partial charge is 0.309 e. The van der Waals surface area contributed by atoms with Crippen molar-refractivity contribution in [2.75, 3.05) is 0 Å². The van der Waals surface area contributed by atoms with Crippen LogP contribution < -0.4 is 0 Å². The monoisotopic (exact) mass is 370 g/mol. The van der Waals surface area contributed by atoms with Crippen LogP contribution in [0.5, 0.6) is 0 Å². The van der Waals surface area contributed by atoms with E-state index in [0.29, 0.717) is 18.8 Å². The van der Waals surface area contributed by atoms with Gasteiger partial charge in [-0.25, -0.2) is 0 Å². The number of rotatable bonds is 17. The van der Waals surface area contributed by atoms with Crippen molar-refractivity contribution in [1.82, 2.24) is 0 Å². The molecule has 0 spiro atoms. The summed E-state index contributed by atoms with van der Waals surface area (Å²) in [7, 11) is 0. The largest absolute Gasteiger partial charge is 0.481 e. The average molecular weight is 371 g/mol. The van der Waals surface area contributed by atoms with E-state index in [9.17, 15) is 9.59 Å². The Morgan fingerprint density at radius 3 is 1.92 bits per heavy atom. The van der Waals surface area contributed by atoms with E-state index in [4.69, 9.17) is 9.84 Å². The van der Waals surface area contributed by atoms with Gasteiger partial charge in [0.25, 0.3) is 0 Å². The molecule has 0 saturated heterocycles. The Kier molecular flexibility index (Phi) is 15.5. The molecule has 1 N–H and O–H groups in total. The Morgan fingerprint density at radius 2 is 1.42 bits per heavy atom. The first-order chi connectivity index (χ1) is 12.5. The van der Waals surface area contributed by atoms with Crippen LogP contribution in [0.3, 0.4) is 0 Å². The van der Waals surface area contributed by atoms with E-state index in [1.807, 2.05) is 0 Å². The van der Waals surface area contributed by atoms with E-state index in [1.165, 1.54) is 19.3 Å². The molecule has 0 aromatic heterocycles. The summed E-state index contributed by atoms with van der Waals surface area (Å²) in [5.74, 6) is -0.739. The maximum Gasteiger partial charge on any atom is 0.309 e. The molecule has 3 atom stereocenters. The minimum absolute atomic E-state index is 0.00386. The minimum atomic E-state index is -0.790. The second kappa shape index (κ2) is 16.1. The van der Waals surface area contributed by atoms with Crippen molar-refractivity contribution >= 4 is 11.9 Å². The van der Waals surface area contributed by atoms with Gasteiger partial charge in [0.2, 0.25) is 0 Å². The highest BCUT2D eigenvalue weighted by Crippen LogP contribution is 2.29. The molecule has 0 saturated carbocycles. The summed E-state index contributed by atoms with van der Waals surface area (Å²) in [6, 6.07) is 0. The fourth-order valence-electron chi connectivity index (χ4n) is 3.59. The van der Waals surface area contributed by atoms with E-state index in [0.717, 1.165) is 44.9 Å². The first-order valence-corrected chi connectivity index (χ1v) is 10.9. The van der Waals surface area contributed by atoms with Crippen molar-refractivity contribution in [1.29, 1.82) is 0 Å². The highest BCUT2D eigenvalue weighted by Gasteiger charge is 2.29. The number of carbonyl (C=O) groups excluding carboxylic acids is 1. The second-order valence-corrected chi connectivity index (χ2v) is 7.52. The number of hydrogen-bond acceptors (Lipinski definition) is 3. The Hall–Kier alpha value is -1.06. The number of aliphatic carboxylic acids is 1. The summed E-state index contributed by atoms with van der Waals surface area (Å²) < 4.78 is 5.87. The predicted octanol–water partition coefficient (Wildman–Crippen LogP) is 6.37. The lowest BCUT2D eigenvalue weighted by Gasteiger charge is -2.27. The van der Waals surface area contributed by atoms with Crippen molar-refractivity contribution in [3.05, 3.63) is 0 Å². The second-order valence-electron chi connectivity index (χ2n) is 7.52. The van der Waals surface area contributed by atoms with Crippen molar-refractivity contribution in [3.8, 4) is 0 Å². The maximum atomic E-state index is 12.9. The van der Waals surface area contributed by atoms with E-state index in [2.05, 4.69) is 27.7 Å². The van der Waals surface area contributed by atoms with Crippen LogP contribution in [0.4, 0.5) is 0 Å². The quantitative estimate of drug-likeness (QED) is 0.239. The van der Waals surface area contributed by atoms with Crippen molar-refractivity contribution in [2.24, 2.45) is 11.8 Å². The number of unbranched alkanes of at least 4 members (excludes halogenated alkanes) is 4. The van der Waals surface area contributed by atoms with Gasteiger partial charge in [-0.1, -0.05) is 66.2 Å². The lowest BCUT2D eigenvalue weighted by atomic mass is 9.82. The van der Waals surface area contributed by atoms with Gasteiger partial charge >= 0.3 is 11.9 Å². The maximum absolute atomic E-state index is 12.9.